The van der Waals surface area contributed by atoms with Crippen LogP contribution < -0.4 is 5.32 Å². The summed E-state index contributed by atoms with van der Waals surface area (Å²) in [4.78, 5) is 10.5. The zero-order chi connectivity index (χ0) is 10.2. The first-order valence-electron chi connectivity index (χ1n) is 4.52. The lowest BCUT2D eigenvalue weighted by atomic mass is 9.64. The maximum Gasteiger partial charge on any atom is 0.320 e. The van der Waals surface area contributed by atoms with Crippen LogP contribution in [0.3, 0.4) is 0 Å². The van der Waals surface area contributed by atoms with Crippen LogP contribution in [0.1, 0.15) is 27.2 Å². The van der Waals surface area contributed by atoms with E-state index in [-0.39, 0.29) is 17.6 Å². The van der Waals surface area contributed by atoms with E-state index >= 15 is 0 Å². The maximum atomic E-state index is 10.5. The molecular weight excluding hydrogens is 170 g/mol. The Morgan fingerprint density at radius 2 is 2.15 bits per heavy atom. The molecule has 0 spiro atoms. The molecule has 0 radical (unpaired) electrons. The van der Waals surface area contributed by atoms with Gasteiger partial charge in [0.2, 0.25) is 0 Å². The molecule has 13 heavy (non-hydrogen) atoms. The minimum Gasteiger partial charge on any atom is -0.480 e. The van der Waals surface area contributed by atoms with E-state index in [4.69, 9.17) is 5.11 Å². The van der Waals surface area contributed by atoms with Crippen molar-refractivity contribution in [1.82, 2.24) is 5.32 Å². The third-order valence-corrected chi connectivity index (χ3v) is 3.04. The molecule has 3 N–H and O–H groups in total. The van der Waals surface area contributed by atoms with Crippen molar-refractivity contribution >= 4 is 5.97 Å². The van der Waals surface area contributed by atoms with Crippen molar-refractivity contribution in [2.75, 3.05) is 0 Å². The van der Waals surface area contributed by atoms with Crippen LogP contribution >= 0.6 is 0 Å². The molecule has 0 aromatic carbocycles. The number of nitrogens with one attached hydrogen (secondary N) is 1. The molecule has 0 heterocycles. The van der Waals surface area contributed by atoms with Gasteiger partial charge in [-0.25, -0.2) is 0 Å². The number of hydrogen-bond acceptors (Lipinski definition) is 3. The van der Waals surface area contributed by atoms with E-state index in [1.807, 2.05) is 13.8 Å². The minimum absolute atomic E-state index is 0.105. The molecule has 76 valence electrons. The highest BCUT2D eigenvalue weighted by atomic mass is 16.4. The molecule has 1 saturated carbocycles. The molecule has 0 saturated heterocycles. The minimum atomic E-state index is -0.850. The first kappa shape index (κ1) is 10.5. The lowest BCUT2D eigenvalue weighted by Crippen LogP contribution is -2.62. The quantitative estimate of drug-likeness (QED) is 0.590. The van der Waals surface area contributed by atoms with Crippen molar-refractivity contribution in [2.45, 2.75) is 45.4 Å². The molecule has 0 aliphatic heterocycles. The molecule has 0 amide bonds. The monoisotopic (exact) mass is 187 g/mol. The van der Waals surface area contributed by atoms with Crippen molar-refractivity contribution in [3.63, 3.8) is 0 Å². The summed E-state index contributed by atoms with van der Waals surface area (Å²) in [5.41, 5.74) is -0.205. The van der Waals surface area contributed by atoms with Crippen LogP contribution in [-0.2, 0) is 4.79 Å². The number of carboxylic acid groups (broad SMARTS) is 1. The number of carboxylic acids is 1. The Bertz CT molecular complexity index is 215. The van der Waals surface area contributed by atoms with Gasteiger partial charge in [-0.2, -0.15) is 0 Å². The Balaban J connectivity index is 2.45. The number of aliphatic hydroxyl groups is 1. The third-order valence-electron chi connectivity index (χ3n) is 3.04. The number of rotatable bonds is 3. The molecule has 1 fully saturated rings. The van der Waals surface area contributed by atoms with E-state index in [1.54, 1.807) is 6.92 Å². The second kappa shape index (κ2) is 3.27. The van der Waals surface area contributed by atoms with E-state index in [9.17, 15) is 9.90 Å². The van der Waals surface area contributed by atoms with Crippen molar-refractivity contribution in [3.8, 4) is 0 Å². The Kier molecular flexibility index (Phi) is 2.63. The van der Waals surface area contributed by atoms with Gasteiger partial charge in [0.1, 0.15) is 6.04 Å². The second-order valence-electron chi connectivity index (χ2n) is 4.35. The number of aliphatic hydroxyl groups excluding tert-OH is 1. The molecular formula is C9H17NO3. The van der Waals surface area contributed by atoms with Crippen molar-refractivity contribution in [2.24, 2.45) is 5.41 Å². The molecule has 0 aromatic rings. The largest absolute Gasteiger partial charge is 0.480 e. The zero-order valence-corrected chi connectivity index (χ0v) is 8.24. The smallest absolute Gasteiger partial charge is 0.320 e. The molecule has 1 aliphatic carbocycles. The lowest BCUT2D eigenvalue weighted by Gasteiger charge is -2.50. The average molecular weight is 187 g/mol. The van der Waals surface area contributed by atoms with Gasteiger partial charge in [0.05, 0.1) is 6.10 Å². The first-order chi connectivity index (χ1) is 5.85. The van der Waals surface area contributed by atoms with Gasteiger partial charge in [0, 0.05) is 11.5 Å². The summed E-state index contributed by atoms with van der Waals surface area (Å²) >= 11 is 0. The van der Waals surface area contributed by atoms with E-state index in [0.717, 1.165) is 0 Å². The number of hydrogen-bond donors (Lipinski definition) is 3. The molecule has 4 nitrogen and oxygen atoms in total. The first-order valence-corrected chi connectivity index (χ1v) is 4.52. The highest BCUT2D eigenvalue weighted by Gasteiger charge is 2.47. The van der Waals surface area contributed by atoms with E-state index < -0.39 is 12.0 Å². The van der Waals surface area contributed by atoms with Gasteiger partial charge >= 0.3 is 5.97 Å². The van der Waals surface area contributed by atoms with E-state index in [2.05, 4.69) is 5.32 Å². The molecule has 1 aliphatic rings. The summed E-state index contributed by atoms with van der Waals surface area (Å²) in [5.74, 6) is -0.850. The van der Waals surface area contributed by atoms with Gasteiger partial charge in [0.25, 0.3) is 0 Å². The summed E-state index contributed by atoms with van der Waals surface area (Å²) in [5, 5.41) is 21.0. The SMILES string of the molecule is C[C@@H](NC1CC(O)C1(C)C)C(=O)O. The summed E-state index contributed by atoms with van der Waals surface area (Å²) in [6.45, 7) is 5.49. The lowest BCUT2D eigenvalue weighted by molar-refractivity contribution is -0.141. The predicted octanol–water partition coefficient (Wildman–Crippen LogP) is 0.208. The molecule has 0 bridgehead atoms. The second-order valence-corrected chi connectivity index (χ2v) is 4.35. The molecule has 3 atom stereocenters. The van der Waals surface area contributed by atoms with Gasteiger partial charge in [-0.1, -0.05) is 13.8 Å². The zero-order valence-electron chi connectivity index (χ0n) is 8.24. The average Bonchev–Trinajstić information content (AvgIpc) is 2.03. The van der Waals surface area contributed by atoms with Gasteiger partial charge in [-0.3, -0.25) is 4.79 Å². The van der Waals surface area contributed by atoms with E-state index in [0.29, 0.717) is 6.42 Å². The standard InChI is InChI=1S/C9H17NO3/c1-5(8(12)13)10-6-4-7(11)9(6,2)3/h5-7,10-11H,4H2,1-3H3,(H,12,13)/t5-,6?,7?/m1/s1. The normalized spacial score (nSPS) is 33.5. The Hall–Kier alpha value is -0.610. The highest BCUT2D eigenvalue weighted by Crippen LogP contribution is 2.40. The van der Waals surface area contributed by atoms with E-state index in [1.165, 1.54) is 0 Å². The Morgan fingerprint density at radius 1 is 1.62 bits per heavy atom. The summed E-state index contributed by atoms with van der Waals surface area (Å²) in [6, 6.07) is -0.439. The van der Waals surface area contributed by atoms with Crippen LogP contribution in [0.5, 0.6) is 0 Å². The van der Waals surface area contributed by atoms with Crippen LogP contribution in [0.2, 0.25) is 0 Å². The fraction of sp³-hybridized carbons (Fsp3) is 0.889. The molecule has 1 rings (SSSR count). The number of carbonyl (C=O) groups is 1. The van der Waals surface area contributed by atoms with Crippen LogP contribution in [0.25, 0.3) is 0 Å². The van der Waals surface area contributed by atoms with Crippen LogP contribution in [0.4, 0.5) is 0 Å². The van der Waals surface area contributed by atoms with Gasteiger partial charge < -0.3 is 15.5 Å². The molecule has 0 aromatic heterocycles. The fourth-order valence-electron chi connectivity index (χ4n) is 1.56. The molecule has 2 unspecified atom stereocenters. The summed E-state index contributed by atoms with van der Waals surface area (Å²) in [7, 11) is 0. The van der Waals surface area contributed by atoms with Crippen molar-refractivity contribution in [3.05, 3.63) is 0 Å². The van der Waals surface area contributed by atoms with Crippen LogP contribution in [-0.4, -0.2) is 34.4 Å². The third kappa shape index (κ3) is 1.84. The molecule has 4 heteroatoms. The summed E-state index contributed by atoms with van der Waals surface area (Å²) in [6.07, 6.45) is 0.330. The van der Waals surface area contributed by atoms with Crippen LogP contribution in [0, 0.1) is 5.41 Å². The Morgan fingerprint density at radius 3 is 2.46 bits per heavy atom. The fourth-order valence-corrected chi connectivity index (χ4v) is 1.56. The van der Waals surface area contributed by atoms with Gasteiger partial charge in [-0.15, -0.1) is 0 Å². The highest BCUT2D eigenvalue weighted by molar-refractivity contribution is 5.72. The van der Waals surface area contributed by atoms with Crippen molar-refractivity contribution < 1.29 is 15.0 Å². The maximum absolute atomic E-state index is 10.5. The van der Waals surface area contributed by atoms with Gasteiger partial charge in [0.15, 0.2) is 0 Å². The van der Waals surface area contributed by atoms with Crippen LogP contribution in [0.15, 0.2) is 0 Å². The Labute approximate surface area is 78.0 Å². The van der Waals surface area contributed by atoms with Gasteiger partial charge in [-0.05, 0) is 13.3 Å². The number of aliphatic carboxylic acids is 1. The summed E-state index contributed by atoms with van der Waals surface area (Å²) < 4.78 is 0. The predicted molar refractivity (Wildman–Crippen MR) is 48.4 cm³/mol. The topological polar surface area (TPSA) is 69.6 Å². The van der Waals surface area contributed by atoms with Crippen molar-refractivity contribution in [1.29, 1.82) is 0 Å².